The summed E-state index contributed by atoms with van der Waals surface area (Å²) in [6.45, 7) is 4.38. The maximum absolute atomic E-state index is 11.9. The minimum absolute atomic E-state index is 0.0211. The Morgan fingerprint density at radius 2 is 2.11 bits per heavy atom. The Morgan fingerprint density at radius 1 is 1.32 bits per heavy atom. The fraction of sp³-hybridized carbons (Fsp3) is 0.550. The monoisotopic (exact) mass is 387 g/mol. The molecule has 3 rings (SSSR count). The van der Waals surface area contributed by atoms with Gasteiger partial charge in [0.2, 0.25) is 0 Å². The van der Waals surface area contributed by atoms with Gasteiger partial charge in [-0.05, 0) is 33.1 Å². The molecule has 8 heteroatoms. The van der Waals surface area contributed by atoms with E-state index >= 15 is 0 Å². The van der Waals surface area contributed by atoms with Gasteiger partial charge in [0.05, 0.1) is 24.9 Å². The van der Waals surface area contributed by atoms with Gasteiger partial charge in [-0.1, -0.05) is 35.5 Å². The van der Waals surface area contributed by atoms with Crippen LogP contribution in [0, 0.1) is 0 Å². The Labute approximate surface area is 165 Å². The standard InChI is InChI=1S/C20H29N5O3/c1-14(2)21-20(27)22-17-9-8-16(28-19(17)13-26)10-11-25-12-18(23-24-25)15-6-4-3-5-7-15/h3-7,12,14,16-17,19,26H,8-11,13H2,1-2H3,(H2,21,22,27)/t16-,17+,19-/m1/s1. The number of ether oxygens (including phenoxy) is 1. The second-order valence-corrected chi connectivity index (χ2v) is 7.46. The summed E-state index contributed by atoms with van der Waals surface area (Å²) in [7, 11) is 0. The first-order valence-electron chi connectivity index (χ1n) is 9.84. The Kier molecular flexibility index (Phi) is 7.00. The van der Waals surface area contributed by atoms with E-state index < -0.39 is 6.10 Å². The van der Waals surface area contributed by atoms with Gasteiger partial charge in [-0.25, -0.2) is 4.79 Å². The maximum Gasteiger partial charge on any atom is 0.315 e. The summed E-state index contributed by atoms with van der Waals surface area (Å²) in [5, 5.41) is 23.8. The highest BCUT2D eigenvalue weighted by molar-refractivity contribution is 5.74. The molecule has 0 aliphatic carbocycles. The normalized spacial score (nSPS) is 22.2. The van der Waals surface area contributed by atoms with E-state index in [0.29, 0.717) is 6.54 Å². The SMILES string of the molecule is CC(C)NC(=O)N[C@H]1CC[C@H](CCn2cc(-c3ccccc3)nn2)O[C@@H]1CO. The number of hydrogen-bond donors (Lipinski definition) is 3. The predicted molar refractivity (Wildman–Crippen MR) is 106 cm³/mol. The topological polar surface area (TPSA) is 101 Å². The summed E-state index contributed by atoms with van der Waals surface area (Å²) in [6.07, 6.45) is 3.93. The van der Waals surface area contributed by atoms with Crippen LogP contribution in [0.5, 0.6) is 0 Å². The highest BCUT2D eigenvalue weighted by Gasteiger charge is 2.31. The average molecular weight is 387 g/mol. The van der Waals surface area contributed by atoms with Crippen LogP contribution in [0.25, 0.3) is 11.3 Å². The number of nitrogens with one attached hydrogen (secondary N) is 2. The van der Waals surface area contributed by atoms with E-state index in [1.54, 1.807) is 0 Å². The fourth-order valence-electron chi connectivity index (χ4n) is 3.41. The molecule has 2 heterocycles. The van der Waals surface area contributed by atoms with Crippen molar-refractivity contribution in [1.82, 2.24) is 25.6 Å². The number of rotatable bonds is 7. The van der Waals surface area contributed by atoms with Crippen LogP contribution in [0.4, 0.5) is 4.79 Å². The molecule has 1 aliphatic heterocycles. The molecule has 1 aromatic carbocycles. The van der Waals surface area contributed by atoms with Gasteiger partial charge in [0.15, 0.2) is 0 Å². The molecule has 1 aliphatic rings. The minimum Gasteiger partial charge on any atom is -0.394 e. The van der Waals surface area contributed by atoms with Crippen LogP contribution in [0.15, 0.2) is 36.5 Å². The molecule has 0 radical (unpaired) electrons. The molecule has 3 atom stereocenters. The van der Waals surface area contributed by atoms with Gasteiger partial charge < -0.3 is 20.5 Å². The van der Waals surface area contributed by atoms with Crippen molar-refractivity contribution in [3.63, 3.8) is 0 Å². The molecule has 0 bridgehead atoms. The molecule has 3 N–H and O–H groups in total. The van der Waals surface area contributed by atoms with Crippen molar-refractivity contribution in [3.05, 3.63) is 36.5 Å². The summed E-state index contributed by atoms with van der Waals surface area (Å²) in [6, 6.07) is 9.59. The predicted octanol–water partition coefficient (Wildman–Crippen LogP) is 1.95. The molecule has 2 aromatic rings. The van der Waals surface area contributed by atoms with Crippen molar-refractivity contribution in [2.75, 3.05) is 6.61 Å². The second kappa shape index (κ2) is 9.66. The third-order valence-electron chi connectivity index (χ3n) is 4.82. The van der Waals surface area contributed by atoms with Crippen molar-refractivity contribution >= 4 is 6.03 Å². The zero-order valence-electron chi connectivity index (χ0n) is 16.4. The first-order chi connectivity index (χ1) is 13.5. The molecule has 2 amide bonds. The number of hydrogen-bond acceptors (Lipinski definition) is 5. The number of urea groups is 1. The first-order valence-corrected chi connectivity index (χ1v) is 9.84. The van der Waals surface area contributed by atoms with Crippen molar-refractivity contribution in [1.29, 1.82) is 0 Å². The van der Waals surface area contributed by atoms with E-state index in [-0.39, 0.29) is 30.8 Å². The molecule has 1 saturated heterocycles. The minimum atomic E-state index is -0.396. The summed E-state index contributed by atoms with van der Waals surface area (Å²) < 4.78 is 7.83. The fourth-order valence-corrected chi connectivity index (χ4v) is 3.41. The van der Waals surface area contributed by atoms with E-state index in [9.17, 15) is 9.90 Å². The van der Waals surface area contributed by atoms with Gasteiger partial charge in [-0.15, -0.1) is 5.10 Å². The van der Waals surface area contributed by atoms with E-state index in [1.807, 2.05) is 55.1 Å². The second-order valence-electron chi connectivity index (χ2n) is 7.46. The largest absolute Gasteiger partial charge is 0.394 e. The zero-order chi connectivity index (χ0) is 19.9. The Bertz CT molecular complexity index is 749. The van der Waals surface area contributed by atoms with Crippen LogP contribution in [-0.4, -0.2) is 57.0 Å². The number of amides is 2. The van der Waals surface area contributed by atoms with Crippen LogP contribution in [0.1, 0.15) is 33.1 Å². The van der Waals surface area contributed by atoms with Gasteiger partial charge in [0, 0.05) is 18.2 Å². The zero-order valence-corrected chi connectivity index (χ0v) is 16.4. The van der Waals surface area contributed by atoms with Gasteiger partial charge in [-0.3, -0.25) is 4.68 Å². The van der Waals surface area contributed by atoms with Crippen LogP contribution in [0.2, 0.25) is 0 Å². The lowest BCUT2D eigenvalue weighted by molar-refractivity contribution is -0.0908. The number of aliphatic hydroxyl groups is 1. The van der Waals surface area contributed by atoms with E-state index in [2.05, 4.69) is 20.9 Å². The average Bonchev–Trinajstić information content (AvgIpc) is 3.16. The lowest BCUT2D eigenvalue weighted by atomic mass is 9.97. The van der Waals surface area contributed by atoms with E-state index in [0.717, 1.165) is 30.5 Å². The van der Waals surface area contributed by atoms with Crippen molar-refractivity contribution in [2.45, 2.75) is 63.9 Å². The lowest BCUT2D eigenvalue weighted by Gasteiger charge is -2.36. The summed E-state index contributed by atoms with van der Waals surface area (Å²) >= 11 is 0. The molecular formula is C20H29N5O3. The summed E-state index contributed by atoms with van der Waals surface area (Å²) in [5.41, 5.74) is 1.88. The van der Waals surface area contributed by atoms with Crippen LogP contribution in [0.3, 0.4) is 0 Å². The first kappa shape index (κ1) is 20.3. The molecular weight excluding hydrogens is 358 g/mol. The Balaban J connectivity index is 1.49. The highest BCUT2D eigenvalue weighted by Crippen LogP contribution is 2.23. The highest BCUT2D eigenvalue weighted by atomic mass is 16.5. The number of benzene rings is 1. The Hall–Kier alpha value is -2.45. The van der Waals surface area contributed by atoms with Crippen LogP contribution < -0.4 is 10.6 Å². The third-order valence-corrected chi connectivity index (χ3v) is 4.82. The van der Waals surface area contributed by atoms with E-state index in [1.165, 1.54) is 0 Å². The van der Waals surface area contributed by atoms with Gasteiger partial charge >= 0.3 is 6.03 Å². The number of aliphatic hydroxyl groups excluding tert-OH is 1. The molecule has 1 aromatic heterocycles. The molecule has 28 heavy (non-hydrogen) atoms. The number of carbonyl (C=O) groups is 1. The number of aryl methyl sites for hydroxylation is 1. The molecule has 0 saturated carbocycles. The number of nitrogens with zero attached hydrogens (tertiary/aromatic N) is 3. The Morgan fingerprint density at radius 3 is 2.82 bits per heavy atom. The van der Waals surface area contributed by atoms with Crippen molar-refractivity contribution in [3.8, 4) is 11.3 Å². The molecule has 8 nitrogen and oxygen atoms in total. The van der Waals surface area contributed by atoms with Gasteiger partial charge in [0.1, 0.15) is 11.8 Å². The maximum atomic E-state index is 11.9. The van der Waals surface area contributed by atoms with Gasteiger partial charge in [0.25, 0.3) is 0 Å². The van der Waals surface area contributed by atoms with Crippen molar-refractivity contribution < 1.29 is 14.6 Å². The number of carbonyl (C=O) groups excluding carboxylic acids is 1. The van der Waals surface area contributed by atoms with Gasteiger partial charge in [-0.2, -0.15) is 0 Å². The lowest BCUT2D eigenvalue weighted by Crippen LogP contribution is -2.54. The molecule has 0 unspecified atom stereocenters. The molecule has 1 fully saturated rings. The number of aromatic nitrogens is 3. The van der Waals surface area contributed by atoms with Crippen LogP contribution >= 0.6 is 0 Å². The quantitative estimate of drug-likeness (QED) is 0.674. The molecule has 152 valence electrons. The van der Waals surface area contributed by atoms with Crippen LogP contribution in [-0.2, 0) is 11.3 Å². The third kappa shape index (κ3) is 5.53. The van der Waals surface area contributed by atoms with E-state index in [4.69, 9.17) is 4.74 Å². The van der Waals surface area contributed by atoms with Crippen molar-refractivity contribution in [2.24, 2.45) is 0 Å². The summed E-state index contributed by atoms with van der Waals surface area (Å²) in [5.74, 6) is 0. The smallest absolute Gasteiger partial charge is 0.315 e. The summed E-state index contributed by atoms with van der Waals surface area (Å²) in [4.78, 5) is 11.9. The molecule has 0 spiro atoms.